The predicted molar refractivity (Wildman–Crippen MR) is 48.5 cm³/mol. The fraction of sp³-hybridized carbons (Fsp3) is 0.300. The molecule has 0 saturated carbocycles. The molecule has 0 spiro atoms. The topological polar surface area (TPSA) is 53.2 Å². The van der Waals surface area contributed by atoms with Gasteiger partial charge in [0.25, 0.3) is 0 Å². The minimum Gasteiger partial charge on any atom is -0.496 e. The van der Waals surface area contributed by atoms with E-state index >= 15 is 0 Å². The van der Waals surface area contributed by atoms with Crippen molar-refractivity contribution in [1.82, 2.24) is 0 Å². The Morgan fingerprint density at radius 2 is 2.31 bits per heavy atom. The third kappa shape index (κ3) is 2.20. The molecular weight excluding hydrogens is 166 g/mol. The average molecular weight is 177 g/mol. The van der Waals surface area contributed by atoms with E-state index in [4.69, 9.17) is 15.1 Å². The maximum Gasteiger partial charge on any atom is 0.123 e. The van der Waals surface area contributed by atoms with Gasteiger partial charge in [-0.2, -0.15) is 5.26 Å². The number of ether oxygens (including phenoxy) is 1. The molecule has 0 saturated heterocycles. The Balaban J connectivity index is 3.02. The summed E-state index contributed by atoms with van der Waals surface area (Å²) in [6, 6.07) is 7.22. The van der Waals surface area contributed by atoms with Crippen LogP contribution in [0.2, 0.25) is 0 Å². The highest BCUT2D eigenvalue weighted by Crippen LogP contribution is 2.19. The minimum absolute atomic E-state index is 0.0856. The van der Waals surface area contributed by atoms with Crippen molar-refractivity contribution in [3.05, 3.63) is 29.3 Å². The number of methoxy groups -OCH3 is 1. The van der Waals surface area contributed by atoms with E-state index in [1.54, 1.807) is 25.3 Å². The number of benzene rings is 1. The monoisotopic (exact) mass is 177 g/mol. The summed E-state index contributed by atoms with van der Waals surface area (Å²) < 4.78 is 5.08. The van der Waals surface area contributed by atoms with Gasteiger partial charge in [0.1, 0.15) is 5.75 Å². The summed E-state index contributed by atoms with van der Waals surface area (Å²) in [4.78, 5) is 0. The van der Waals surface area contributed by atoms with Crippen molar-refractivity contribution < 1.29 is 9.84 Å². The highest BCUT2D eigenvalue weighted by Gasteiger charge is 2.02. The molecule has 0 fully saturated rings. The highest BCUT2D eigenvalue weighted by molar-refractivity contribution is 5.42. The second-order valence-electron chi connectivity index (χ2n) is 2.61. The molecule has 3 nitrogen and oxygen atoms in total. The quantitative estimate of drug-likeness (QED) is 0.752. The molecule has 0 aliphatic carbocycles. The molecule has 0 radical (unpaired) electrons. The SMILES string of the molecule is COc1cc(C#N)ccc1CCO. The van der Waals surface area contributed by atoms with Crippen LogP contribution in [0.5, 0.6) is 5.75 Å². The maximum atomic E-state index is 8.75. The van der Waals surface area contributed by atoms with Crippen LogP contribution in [-0.2, 0) is 6.42 Å². The van der Waals surface area contributed by atoms with Crippen molar-refractivity contribution in [2.24, 2.45) is 0 Å². The average Bonchev–Trinajstić information content (AvgIpc) is 2.19. The lowest BCUT2D eigenvalue weighted by Gasteiger charge is -2.06. The first-order valence-electron chi connectivity index (χ1n) is 3.99. The van der Waals surface area contributed by atoms with Crippen LogP contribution in [0, 0.1) is 11.3 Å². The molecule has 0 bridgehead atoms. The Bertz CT molecular complexity index is 328. The van der Waals surface area contributed by atoms with Gasteiger partial charge in [-0.05, 0) is 24.1 Å². The van der Waals surface area contributed by atoms with Gasteiger partial charge < -0.3 is 9.84 Å². The van der Waals surface area contributed by atoms with Gasteiger partial charge >= 0.3 is 0 Å². The first-order chi connectivity index (χ1) is 6.31. The van der Waals surface area contributed by atoms with Gasteiger partial charge in [0.15, 0.2) is 0 Å². The van der Waals surface area contributed by atoms with E-state index in [0.717, 1.165) is 5.56 Å². The Morgan fingerprint density at radius 1 is 1.54 bits per heavy atom. The van der Waals surface area contributed by atoms with E-state index in [0.29, 0.717) is 17.7 Å². The molecule has 13 heavy (non-hydrogen) atoms. The zero-order valence-corrected chi connectivity index (χ0v) is 7.45. The van der Waals surface area contributed by atoms with Crippen molar-refractivity contribution in [3.63, 3.8) is 0 Å². The lowest BCUT2D eigenvalue weighted by molar-refractivity contribution is 0.296. The molecule has 0 unspecified atom stereocenters. The van der Waals surface area contributed by atoms with Crippen LogP contribution in [0.1, 0.15) is 11.1 Å². The zero-order valence-electron chi connectivity index (χ0n) is 7.45. The van der Waals surface area contributed by atoms with E-state index in [2.05, 4.69) is 0 Å². The van der Waals surface area contributed by atoms with Crippen LogP contribution >= 0.6 is 0 Å². The number of hydrogen-bond acceptors (Lipinski definition) is 3. The minimum atomic E-state index is 0.0856. The van der Waals surface area contributed by atoms with Crippen LogP contribution < -0.4 is 4.74 Å². The summed E-state index contributed by atoms with van der Waals surface area (Å²) in [6.45, 7) is 0.0856. The van der Waals surface area contributed by atoms with Gasteiger partial charge in [-0.1, -0.05) is 6.07 Å². The van der Waals surface area contributed by atoms with Crippen LogP contribution in [0.3, 0.4) is 0 Å². The zero-order chi connectivity index (χ0) is 9.68. The molecule has 1 N–H and O–H groups in total. The maximum absolute atomic E-state index is 8.75. The molecule has 1 aromatic rings. The third-order valence-electron chi connectivity index (χ3n) is 1.80. The van der Waals surface area contributed by atoms with Gasteiger partial charge in [-0.25, -0.2) is 0 Å². The molecule has 1 rings (SSSR count). The van der Waals surface area contributed by atoms with Crippen LogP contribution in [0.4, 0.5) is 0 Å². The Hall–Kier alpha value is -1.53. The summed E-state index contributed by atoms with van der Waals surface area (Å²) >= 11 is 0. The highest BCUT2D eigenvalue weighted by atomic mass is 16.5. The van der Waals surface area contributed by atoms with Gasteiger partial charge in [-0.3, -0.25) is 0 Å². The molecule has 3 heteroatoms. The van der Waals surface area contributed by atoms with E-state index in [1.807, 2.05) is 6.07 Å². The predicted octanol–water partition coefficient (Wildman–Crippen LogP) is 1.10. The summed E-state index contributed by atoms with van der Waals surface area (Å²) in [7, 11) is 1.55. The molecule has 1 aromatic carbocycles. The summed E-state index contributed by atoms with van der Waals surface area (Å²) in [5.41, 5.74) is 1.49. The largest absolute Gasteiger partial charge is 0.496 e. The second-order valence-corrected chi connectivity index (χ2v) is 2.61. The number of hydrogen-bond donors (Lipinski definition) is 1. The van der Waals surface area contributed by atoms with E-state index in [-0.39, 0.29) is 6.61 Å². The molecule has 0 amide bonds. The Kier molecular flexibility index (Phi) is 3.30. The lowest BCUT2D eigenvalue weighted by Crippen LogP contribution is -1.96. The molecule has 0 aromatic heterocycles. The van der Waals surface area contributed by atoms with Crippen molar-refractivity contribution in [2.45, 2.75) is 6.42 Å². The van der Waals surface area contributed by atoms with Crippen LogP contribution in [0.15, 0.2) is 18.2 Å². The number of nitrogens with zero attached hydrogens (tertiary/aromatic N) is 1. The standard InChI is InChI=1S/C10H11NO2/c1-13-10-6-8(7-11)2-3-9(10)4-5-12/h2-3,6,12H,4-5H2,1H3. The lowest BCUT2D eigenvalue weighted by atomic mass is 10.1. The van der Waals surface area contributed by atoms with Gasteiger partial charge in [-0.15, -0.1) is 0 Å². The number of aliphatic hydroxyl groups excluding tert-OH is 1. The van der Waals surface area contributed by atoms with Gasteiger partial charge in [0, 0.05) is 6.61 Å². The van der Waals surface area contributed by atoms with Gasteiger partial charge in [0.2, 0.25) is 0 Å². The molecule has 68 valence electrons. The first kappa shape index (κ1) is 9.56. The Morgan fingerprint density at radius 3 is 2.85 bits per heavy atom. The smallest absolute Gasteiger partial charge is 0.123 e. The first-order valence-corrected chi connectivity index (χ1v) is 3.99. The third-order valence-corrected chi connectivity index (χ3v) is 1.80. The van der Waals surface area contributed by atoms with Crippen molar-refractivity contribution >= 4 is 0 Å². The van der Waals surface area contributed by atoms with Crippen molar-refractivity contribution in [3.8, 4) is 11.8 Å². The number of rotatable bonds is 3. The second kappa shape index (κ2) is 4.48. The summed E-state index contributed by atoms with van der Waals surface area (Å²) in [6.07, 6.45) is 0.550. The number of aliphatic hydroxyl groups is 1. The normalized spacial score (nSPS) is 9.31. The van der Waals surface area contributed by atoms with E-state index in [1.165, 1.54) is 0 Å². The molecule has 0 aliphatic rings. The molecular formula is C10H11NO2. The summed E-state index contributed by atoms with van der Waals surface area (Å²) in [5.74, 6) is 0.660. The number of nitriles is 1. The molecule has 0 atom stereocenters. The molecule has 0 aliphatic heterocycles. The fourth-order valence-electron chi connectivity index (χ4n) is 1.14. The molecule has 0 heterocycles. The van der Waals surface area contributed by atoms with Crippen molar-refractivity contribution in [1.29, 1.82) is 5.26 Å². The fourth-order valence-corrected chi connectivity index (χ4v) is 1.14. The van der Waals surface area contributed by atoms with E-state index in [9.17, 15) is 0 Å². The summed E-state index contributed by atoms with van der Waals surface area (Å²) in [5, 5.41) is 17.4. The van der Waals surface area contributed by atoms with Crippen molar-refractivity contribution in [2.75, 3.05) is 13.7 Å². The van der Waals surface area contributed by atoms with Crippen LogP contribution in [-0.4, -0.2) is 18.8 Å². The van der Waals surface area contributed by atoms with Gasteiger partial charge in [0.05, 0.1) is 18.7 Å². The van der Waals surface area contributed by atoms with E-state index < -0.39 is 0 Å². The van der Waals surface area contributed by atoms with Crippen LogP contribution in [0.25, 0.3) is 0 Å². The Labute approximate surface area is 77.2 Å².